The molecule has 2 aromatic rings. The number of ether oxygens (including phenoxy) is 2. The minimum Gasteiger partial charge on any atom is -0.486 e. The van der Waals surface area contributed by atoms with Crippen molar-refractivity contribution in [3.63, 3.8) is 0 Å². The molecule has 0 N–H and O–H groups in total. The fourth-order valence-electron chi connectivity index (χ4n) is 1.67. The van der Waals surface area contributed by atoms with Crippen LogP contribution in [-0.4, -0.2) is 33.3 Å². The highest BCUT2D eigenvalue weighted by atomic mass is 16.5. The first kappa shape index (κ1) is 14.0. The number of carbonyl (C=O) groups excluding carboxylic acids is 1. The monoisotopic (exact) mass is 276 g/mol. The summed E-state index contributed by atoms with van der Waals surface area (Å²) in [4.78, 5) is 11.3. The average molecular weight is 276 g/mol. The molecule has 1 aromatic carbocycles. The molecule has 0 fully saturated rings. The summed E-state index contributed by atoms with van der Waals surface area (Å²) in [7, 11) is 1.35. The number of nitrogens with zero attached hydrogens (tertiary/aromatic N) is 4. The molecule has 0 unspecified atom stereocenters. The molecule has 1 heterocycles. The molecule has 7 heteroatoms. The van der Waals surface area contributed by atoms with Gasteiger partial charge in [-0.2, -0.15) is 0 Å². The van der Waals surface area contributed by atoms with Crippen LogP contribution in [-0.2, 0) is 17.9 Å². The molecular formula is C13H16N4O3. The van der Waals surface area contributed by atoms with E-state index in [9.17, 15) is 4.79 Å². The number of carbonyl (C=O) groups is 1. The van der Waals surface area contributed by atoms with Gasteiger partial charge in [0.25, 0.3) is 0 Å². The first-order valence-corrected chi connectivity index (χ1v) is 6.30. The van der Waals surface area contributed by atoms with E-state index in [1.165, 1.54) is 7.11 Å². The Morgan fingerprint density at radius 1 is 1.30 bits per heavy atom. The van der Waals surface area contributed by atoms with Crippen molar-refractivity contribution in [3.8, 4) is 5.75 Å². The smallest absolute Gasteiger partial charge is 0.337 e. The van der Waals surface area contributed by atoms with E-state index >= 15 is 0 Å². The van der Waals surface area contributed by atoms with Crippen LogP contribution >= 0.6 is 0 Å². The van der Waals surface area contributed by atoms with E-state index in [2.05, 4.69) is 27.2 Å². The SMILES string of the molecule is CCCn1nnnc1COc1ccc(C(=O)OC)cc1. The Morgan fingerprint density at radius 2 is 2.05 bits per heavy atom. The van der Waals surface area contributed by atoms with E-state index in [4.69, 9.17) is 4.74 Å². The lowest BCUT2D eigenvalue weighted by Gasteiger charge is -2.06. The van der Waals surface area contributed by atoms with Gasteiger partial charge in [-0.05, 0) is 41.1 Å². The Kier molecular flexibility index (Phi) is 4.65. The van der Waals surface area contributed by atoms with Crippen LogP contribution in [0.1, 0.15) is 29.5 Å². The Morgan fingerprint density at radius 3 is 2.70 bits per heavy atom. The van der Waals surface area contributed by atoms with Crippen LogP contribution in [0.25, 0.3) is 0 Å². The van der Waals surface area contributed by atoms with E-state index in [0.717, 1.165) is 13.0 Å². The molecule has 0 atom stereocenters. The average Bonchev–Trinajstić information content (AvgIpc) is 2.92. The molecular weight excluding hydrogens is 260 g/mol. The molecule has 7 nitrogen and oxygen atoms in total. The first-order chi connectivity index (χ1) is 9.74. The van der Waals surface area contributed by atoms with Crippen molar-refractivity contribution in [2.45, 2.75) is 26.5 Å². The van der Waals surface area contributed by atoms with Gasteiger partial charge in [-0.25, -0.2) is 9.48 Å². The molecule has 2 rings (SSSR count). The summed E-state index contributed by atoms with van der Waals surface area (Å²) < 4.78 is 11.9. The van der Waals surface area contributed by atoms with Crippen LogP contribution < -0.4 is 4.74 Å². The Hall–Kier alpha value is -2.44. The zero-order chi connectivity index (χ0) is 14.4. The number of hydrogen-bond donors (Lipinski definition) is 0. The number of benzene rings is 1. The van der Waals surface area contributed by atoms with E-state index < -0.39 is 0 Å². The largest absolute Gasteiger partial charge is 0.486 e. The van der Waals surface area contributed by atoms with Crippen molar-refractivity contribution in [1.29, 1.82) is 0 Å². The second-order valence-electron chi connectivity index (χ2n) is 4.12. The van der Waals surface area contributed by atoms with Crippen molar-refractivity contribution in [2.24, 2.45) is 0 Å². The highest BCUT2D eigenvalue weighted by molar-refractivity contribution is 5.89. The Labute approximate surface area is 116 Å². The molecule has 0 aliphatic carbocycles. The maximum atomic E-state index is 11.3. The van der Waals surface area contributed by atoms with Crippen molar-refractivity contribution < 1.29 is 14.3 Å². The van der Waals surface area contributed by atoms with Gasteiger partial charge >= 0.3 is 5.97 Å². The van der Waals surface area contributed by atoms with Gasteiger partial charge in [0.1, 0.15) is 12.4 Å². The van der Waals surface area contributed by atoms with Gasteiger partial charge in [0.15, 0.2) is 5.82 Å². The molecule has 0 saturated carbocycles. The molecule has 0 aliphatic rings. The number of aryl methyl sites for hydroxylation is 1. The third-order valence-electron chi connectivity index (χ3n) is 2.68. The Bertz CT molecular complexity index is 565. The van der Waals surface area contributed by atoms with Crippen molar-refractivity contribution in [1.82, 2.24) is 20.2 Å². The molecule has 0 saturated heterocycles. The van der Waals surface area contributed by atoms with Crippen LogP contribution in [0.15, 0.2) is 24.3 Å². The summed E-state index contributed by atoms with van der Waals surface area (Å²) in [5.74, 6) is 0.941. The number of rotatable bonds is 6. The minimum atomic E-state index is -0.372. The number of methoxy groups -OCH3 is 1. The lowest BCUT2D eigenvalue weighted by molar-refractivity contribution is 0.0600. The summed E-state index contributed by atoms with van der Waals surface area (Å²) in [6, 6.07) is 6.72. The maximum absolute atomic E-state index is 11.3. The minimum absolute atomic E-state index is 0.282. The second kappa shape index (κ2) is 6.65. The van der Waals surface area contributed by atoms with E-state index in [1.54, 1.807) is 28.9 Å². The van der Waals surface area contributed by atoms with Gasteiger partial charge < -0.3 is 9.47 Å². The zero-order valence-electron chi connectivity index (χ0n) is 11.4. The summed E-state index contributed by atoms with van der Waals surface area (Å²) in [5, 5.41) is 11.4. The van der Waals surface area contributed by atoms with Gasteiger partial charge in [0.2, 0.25) is 0 Å². The van der Waals surface area contributed by atoms with E-state index in [1.807, 2.05) is 0 Å². The number of tetrazole rings is 1. The molecule has 0 aliphatic heterocycles. The Balaban J connectivity index is 1.97. The highest BCUT2D eigenvalue weighted by Gasteiger charge is 2.07. The van der Waals surface area contributed by atoms with Crippen molar-refractivity contribution >= 4 is 5.97 Å². The molecule has 0 bridgehead atoms. The highest BCUT2D eigenvalue weighted by Crippen LogP contribution is 2.14. The van der Waals surface area contributed by atoms with Crippen LogP contribution in [0.2, 0.25) is 0 Å². The van der Waals surface area contributed by atoms with Gasteiger partial charge in [-0.3, -0.25) is 0 Å². The number of esters is 1. The van der Waals surface area contributed by atoms with Crippen molar-refractivity contribution in [2.75, 3.05) is 7.11 Å². The zero-order valence-corrected chi connectivity index (χ0v) is 11.4. The van der Waals surface area contributed by atoms with Crippen LogP contribution in [0.3, 0.4) is 0 Å². The van der Waals surface area contributed by atoms with Gasteiger partial charge in [-0.1, -0.05) is 6.92 Å². The number of aromatic nitrogens is 4. The third-order valence-corrected chi connectivity index (χ3v) is 2.68. The van der Waals surface area contributed by atoms with Crippen LogP contribution in [0.4, 0.5) is 0 Å². The molecule has 20 heavy (non-hydrogen) atoms. The lowest BCUT2D eigenvalue weighted by atomic mass is 10.2. The molecule has 0 amide bonds. The predicted octanol–water partition coefficient (Wildman–Crippen LogP) is 1.45. The van der Waals surface area contributed by atoms with E-state index in [0.29, 0.717) is 17.1 Å². The first-order valence-electron chi connectivity index (χ1n) is 6.30. The molecule has 106 valence electrons. The van der Waals surface area contributed by atoms with Gasteiger partial charge in [-0.15, -0.1) is 5.10 Å². The number of hydrogen-bond acceptors (Lipinski definition) is 6. The fourth-order valence-corrected chi connectivity index (χ4v) is 1.67. The summed E-state index contributed by atoms with van der Waals surface area (Å²) in [6.07, 6.45) is 0.950. The third kappa shape index (κ3) is 3.31. The topological polar surface area (TPSA) is 79.1 Å². The molecule has 0 radical (unpaired) electrons. The van der Waals surface area contributed by atoms with Gasteiger partial charge in [0, 0.05) is 6.54 Å². The van der Waals surface area contributed by atoms with Crippen molar-refractivity contribution in [3.05, 3.63) is 35.7 Å². The summed E-state index contributed by atoms with van der Waals surface area (Å²) in [6.45, 7) is 3.09. The predicted molar refractivity (Wildman–Crippen MR) is 70.2 cm³/mol. The maximum Gasteiger partial charge on any atom is 0.337 e. The summed E-state index contributed by atoms with van der Waals surface area (Å²) in [5.41, 5.74) is 0.482. The quantitative estimate of drug-likeness (QED) is 0.743. The fraction of sp³-hybridized carbons (Fsp3) is 0.385. The van der Waals surface area contributed by atoms with Crippen LogP contribution in [0, 0.1) is 0 Å². The molecule has 0 spiro atoms. The normalized spacial score (nSPS) is 10.3. The van der Waals surface area contributed by atoms with Crippen LogP contribution in [0.5, 0.6) is 5.75 Å². The van der Waals surface area contributed by atoms with Gasteiger partial charge in [0.05, 0.1) is 12.7 Å². The molecule has 1 aromatic heterocycles. The standard InChI is InChI=1S/C13H16N4O3/c1-3-8-17-12(14-15-16-17)9-20-11-6-4-10(5-7-11)13(18)19-2/h4-7H,3,8-9H2,1-2H3. The lowest BCUT2D eigenvalue weighted by Crippen LogP contribution is -2.08. The summed E-state index contributed by atoms with van der Waals surface area (Å²) >= 11 is 0. The second-order valence-corrected chi connectivity index (χ2v) is 4.12. The van der Waals surface area contributed by atoms with E-state index in [-0.39, 0.29) is 12.6 Å².